The molecule has 1 heterocycles. The van der Waals surface area contributed by atoms with Crippen molar-refractivity contribution in [1.29, 1.82) is 0 Å². The standard InChI is InChI=1S/C8H10N2O/c1-3-9-6-5-7-10(4-2)8(9)11/h3-6H,1-2,7H2. The van der Waals surface area contributed by atoms with E-state index in [1.807, 2.05) is 6.08 Å². The summed E-state index contributed by atoms with van der Waals surface area (Å²) in [4.78, 5) is 14.2. The summed E-state index contributed by atoms with van der Waals surface area (Å²) in [6.45, 7) is 7.60. The first-order chi connectivity index (χ1) is 5.29. The fourth-order valence-electron chi connectivity index (χ4n) is 0.856. The van der Waals surface area contributed by atoms with E-state index in [2.05, 4.69) is 13.2 Å². The maximum atomic E-state index is 11.2. The lowest BCUT2D eigenvalue weighted by Gasteiger charge is -2.25. The van der Waals surface area contributed by atoms with Gasteiger partial charge in [0.2, 0.25) is 0 Å². The zero-order valence-electron chi connectivity index (χ0n) is 6.23. The van der Waals surface area contributed by atoms with Crippen molar-refractivity contribution >= 4 is 6.03 Å². The normalized spacial score (nSPS) is 16.9. The van der Waals surface area contributed by atoms with Gasteiger partial charge in [-0.15, -0.1) is 0 Å². The first-order valence-corrected chi connectivity index (χ1v) is 3.30. The van der Waals surface area contributed by atoms with Gasteiger partial charge in [-0.3, -0.25) is 9.80 Å². The molecule has 0 saturated heterocycles. The molecule has 0 fully saturated rings. The molecule has 1 aliphatic rings. The first kappa shape index (κ1) is 7.60. The van der Waals surface area contributed by atoms with Gasteiger partial charge in [0.15, 0.2) is 0 Å². The average Bonchev–Trinajstić information content (AvgIpc) is 2.05. The highest BCUT2D eigenvalue weighted by Crippen LogP contribution is 2.06. The lowest BCUT2D eigenvalue weighted by molar-refractivity contribution is 0.198. The van der Waals surface area contributed by atoms with E-state index in [1.165, 1.54) is 22.2 Å². The number of urea groups is 1. The molecule has 0 bridgehead atoms. The first-order valence-electron chi connectivity index (χ1n) is 3.30. The van der Waals surface area contributed by atoms with Gasteiger partial charge in [0.05, 0.1) is 0 Å². The molecular weight excluding hydrogens is 140 g/mol. The Labute approximate surface area is 65.9 Å². The Kier molecular flexibility index (Phi) is 2.11. The Bertz CT molecular complexity index is 220. The number of carbonyl (C=O) groups is 1. The van der Waals surface area contributed by atoms with Crippen molar-refractivity contribution in [3.8, 4) is 0 Å². The summed E-state index contributed by atoms with van der Waals surface area (Å²) in [5, 5.41) is 0. The molecule has 0 aromatic carbocycles. The third kappa shape index (κ3) is 1.32. The van der Waals surface area contributed by atoms with Gasteiger partial charge in [0, 0.05) is 25.1 Å². The van der Waals surface area contributed by atoms with E-state index in [0.717, 1.165) is 0 Å². The summed E-state index contributed by atoms with van der Waals surface area (Å²) >= 11 is 0. The van der Waals surface area contributed by atoms with Crippen LogP contribution in [0, 0.1) is 0 Å². The van der Waals surface area contributed by atoms with Crippen LogP contribution in [0.3, 0.4) is 0 Å². The predicted molar refractivity (Wildman–Crippen MR) is 43.5 cm³/mol. The molecule has 0 N–H and O–H groups in total. The lowest BCUT2D eigenvalue weighted by atomic mass is 10.4. The third-order valence-corrected chi connectivity index (χ3v) is 1.45. The Morgan fingerprint density at radius 1 is 1.45 bits per heavy atom. The summed E-state index contributed by atoms with van der Waals surface area (Å²) in [6, 6.07) is -0.113. The molecule has 0 atom stereocenters. The Hall–Kier alpha value is -1.51. The van der Waals surface area contributed by atoms with Gasteiger partial charge >= 0.3 is 6.03 Å². The summed E-state index contributed by atoms with van der Waals surface area (Å²) in [6.07, 6.45) is 6.52. The molecule has 0 saturated carbocycles. The molecular formula is C8H10N2O. The predicted octanol–water partition coefficient (Wildman–Crippen LogP) is 1.52. The highest BCUT2D eigenvalue weighted by Gasteiger charge is 2.16. The average molecular weight is 150 g/mol. The van der Waals surface area contributed by atoms with Gasteiger partial charge in [0.25, 0.3) is 0 Å². The minimum absolute atomic E-state index is 0.113. The van der Waals surface area contributed by atoms with Crippen molar-refractivity contribution in [2.24, 2.45) is 0 Å². The van der Waals surface area contributed by atoms with Crippen molar-refractivity contribution in [2.45, 2.75) is 0 Å². The number of amides is 2. The second-order valence-corrected chi connectivity index (χ2v) is 2.09. The molecule has 3 heteroatoms. The quantitative estimate of drug-likeness (QED) is 0.585. The second-order valence-electron chi connectivity index (χ2n) is 2.09. The summed E-state index contributed by atoms with van der Waals surface area (Å²) in [5.41, 5.74) is 0. The van der Waals surface area contributed by atoms with Crippen molar-refractivity contribution in [3.05, 3.63) is 37.8 Å². The van der Waals surface area contributed by atoms with Gasteiger partial charge in [-0.25, -0.2) is 4.79 Å². The molecule has 0 aromatic rings. The molecule has 0 aliphatic carbocycles. The van der Waals surface area contributed by atoms with Crippen molar-refractivity contribution in [3.63, 3.8) is 0 Å². The van der Waals surface area contributed by atoms with Gasteiger partial charge in [0.1, 0.15) is 0 Å². The van der Waals surface area contributed by atoms with Gasteiger partial charge in [-0.1, -0.05) is 13.2 Å². The van der Waals surface area contributed by atoms with Crippen LogP contribution in [0.15, 0.2) is 37.8 Å². The minimum atomic E-state index is -0.113. The Morgan fingerprint density at radius 3 is 2.73 bits per heavy atom. The summed E-state index contributed by atoms with van der Waals surface area (Å²) in [5.74, 6) is 0. The fourth-order valence-corrected chi connectivity index (χ4v) is 0.856. The topological polar surface area (TPSA) is 23.6 Å². The van der Waals surface area contributed by atoms with Crippen LogP contribution in [0.25, 0.3) is 0 Å². The Morgan fingerprint density at radius 2 is 2.18 bits per heavy atom. The van der Waals surface area contributed by atoms with Crippen LogP contribution in [0.1, 0.15) is 0 Å². The van der Waals surface area contributed by atoms with Crippen LogP contribution in [-0.4, -0.2) is 22.4 Å². The third-order valence-electron chi connectivity index (χ3n) is 1.45. The van der Waals surface area contributed by atoms with Crippen molar-refractivity contribution in [1.82, 2.24) is 9.80 Å². The van der Waals surface area contributed by atoms with Crippen molar-refractivity contribution in [2.75, 3.05) is 6.54 Å². The smallest absolute Gasteiger partial charge is 0.297 e. The van der Waals surface area contributed by atoms with E-state index >= 15 is 0 Å². The van der Waals surface area contributed by atoms with Gasteiger partial charge in [-0.2, -0.15) is 0 Å². The van der Waals surface area contributed by atoms with Crippen LogP contribution in [-0.2, 0) is 0 Å². The van der Waals surface area contributed by atoms with Crippen LogP contribution in [0.4, 0.5) is 4.79 Å². The monoisotopic (exact) mass is 150 g/mol. The van der Waals surface area contributed by atoms with Crippen LogP contribution < -0.4 is 0 Å². The maximum absolute atomic E-state index is 11.2. The zero-order chi connectivity index (χ0) is 8.27. The second kappa shape index (κ2) is 3.05. The molecule has 1 rings (SSSR count). The highest BCUT2D eigenvalue weighted by molar-refractivity contribution is 5.78. The van der Waals surface area contributed by atoms with E-state index in [4.69, 9.17) is 0 Å². The van der Waals surface area contributed by atoms with Crippen LogP contribution in [0.5, 0.6) is 0 Å². The molecule has 1 aliphatic heterocycles. The van der Waals surface area contributed by atoms with Gasteiger partial charge < -0.3 is 0 Å². The molecule has 3 nitrogen and oxygen atoms in total. The lowest BCUT2D eigenvalue weighted by Crippen LogP contribution is -2.37. The SMILES string of the molecule is C=CN1C=CCN(C=C)C1=O. The minimum Gasteiger partial charge on any atom is -0.297 e. The Balaban J connectivity index is 2.80. The van der Waals surface area contributed by atoms with Crippen molar-refractivity contribution < 1.29 is 4.79 Å². The van der Waals surface area contributed by atoms with E-state index in [-0.39, 0.29) is 6.03 Å². The number of carbonyl (C=O) groups excluding carboxylic acids is 1. The molecule has 2 amide bonds. The van der Waals surface area contributed by atoms with E-state index < -0.39 is 0 Å². The maximum Gasteiger partial charge on any atom is 0.332 e. The molecule has 0 radical (unpaired) electrons. The molecule has 0 unspecified atom stereocenters. The van der Waals surface area contributed by atoms with E-state index in [9.17, 15) is 4.79 Å². The largest absolute Gasteiger partial charge is 0.332 e. The fraction of sp³-hybridized carbons (Fsp3) is 0.125. The van der Waals surface area contributed by atoms with Gasteiger partial charge in [-0.05, 0) is 6.08 Å². The van der Waals surface area contributed by atoms with E-state index in [1.54, 1.807) is 6.20 Å². The zero-order valence-corrected chi connectivity index (χ0v) is 6.23. The van der Waals surface area contributed by atoms with Crippen LogP contribution >= 0.6 is 0 Å². The molecule has 0 aromatic heterocycles. The summed E-state index contributed by atoms with van der Waals surface area (Å²) in [7, 11) is 0. The number of rotatable bonds is 2. The van der Waals surface area contributed by atoms with Crippen LogP contribution in [0.2, 0.25) is 0 Å². The highest BCUT2D eigenvalue weighted by atomic mass is 16.2. The van der Waals surface area contributed by atoms with E-state index in [0.29, 0.717) is 6.54 Å². The number of nitrogens with zero attached hydrogens (tertiary/aromatic N) is 2. The molecule has 58 valence electrons. The molecule has 0 spiro atoms. The molecule has 11 heavy (non-hydrogen) atoms. The summed E-state index contributed by atoms with van der Waals surface area (Å²) < 4.78 is 0. The number of hydrogen-bond acceptors (Lipinski definition) is 1. The number of hydrogen-bond donors (Lipinski definition) is 0.